The lowest BCUT2D eigenvalue weighted by Gasteiger charge is -2.14. The summed E-state index contributed by atoms with van der Waals surface area (Å²) in [6.45, 7) is 2.72. The SMILES string of the molecule is Cc1cc(-c2cccc(OC(C)(F)F)c2)cc2c(OCc3ncccn3)noc12. The van der Waals surface area contributed by atoms with Gasteiger partial charge in [-0.1, -0.05) is 12.1 Å². The van der Waals surface area contributed by atoms with E-state index in [1.807, 2.05) is 25.1 Å². The van der Waals surface area contributed by atoms with Crippen LogP contribution in [0.5, 0.6) is 11.6 Å². The van der Waals surface area contributed by atoms with Crippen molar-refractivity contribution in [3.63, 3.8) is 0 Å². The van der Waals surface area contributed by atoms with Crippen LogP contribution in [0.4, 0.5) is 8.78 Å². The first-order chi connectivity index (χ1) is 13.9. The first-order valence-electron chi connectivity index (χ1n) is 8.85. The minimum atomic E-state index is -3.26. The summed E-state index contributed by atoms with van der Waals surface area (Å²) in [7, 11) is 0. The van der Waals surface area contributed by atoms with Crippen molar-refractivity contribution in [1.29, 1.82) is 0 Å². The van der Waals surface area contributed by atoms with Gasteiger partial charge in [0.1, 0.15) is 12.4 Å². The highest BCUT2D eigenvalue weighted by atomic mass is 19.3. The maximum Gasteiger partial charge on any atom is 0.394 e. The Kier molecular flexibility index (Phi) is 4.84. The minimum absolute atomic E-state index is 0.0794. The second-order valence-electron chi connectivity index (χ2n) is 6.55. The first-order valence-corrected chi connectivity index (χ1v) is 8.85. The summed E-state index contributed by atoms with van der Waals surface area (Å²) in [6, 6.07) is 12.0. The highest BCUT2D eigenvalue weighted by Crippen LogP contribution is 2.34. The third-order valence-corrected chi connectivity index (χ3v) is 4.15. The Morgan fingerprint density at radius 2 is 1.83 bits per heavy atom. The average Bonchev–Trinajstić information content (AvgIpc) is 3.10. The molecular formula is C21H17F2N3O3. The molecule has 148 valence electrons. The lowest BCUT2D eigenvalue weighted by Crippen LogP contribution is -2.18. The van der Waals surface area contributed by atoms with Crippen LogP contribution >= 0.6 is 0 Å². The number of hydrogen-bond acceptors (Lipinski definition) is 6. The number of hydrogen-bond donors (Lipinski definition) is 0. The number of nitrogens with zero attached hydrogens (tertiary/aromatic N) is 3. The van der Waals surface area contributed by atoms with Crippen molar-refractivity contribution in [2.45, 2.75) is 26.6 Å². The third-order valence-electron chi connectivity index (χ3n) is 4.15. The number of halogens is 2. The van der Waals surface area contributed by atoms with Gasteiger partial charge in [-0.2, -0.15) is 8.78 Å². The lowest BCUT2D eigenvalue weighted by molar-refractivity contribution is -0.158. The van der Waals surface area contributed by atoms with Crippen LogP contribution in [0.1, 0.15) is 18.3 Å². The van der Waals surface area contributed by atoms with E-state index in [2.05, 4.69) is 19.9 Å². The van der Waals surface area contributed by atoms with Crippen LogP contribution < -0.4 is 9.47 Å². The fraction of sp³-hybridized carbons (Fsp3) is 0.190. The van der Waals surface area contributed by atoms with Gasteiger partial charge in [-0.15, -0.1) is 0 Å². The van der Waals surface area contributed by atoms with Gasteiger partial charge in [0.2, 0.25) is 0 Å². The second kappa shape index (κ2) is 7.46. The predicted molar refractivity (Wildman–Crippen MR) is 102 cm³/mol. The van der Waals surface area contributed by atoms with Crippen molar-refractivity contribution in [2.24, 2.45) is 0 Å². The van der Waals surface area contributed by atoms with Gasteiger partial charge in [-0.3, -0.25) is 0 Å². The van der Waals surface area contributed by atoms with E-state index in [9.17, 15) is 8.78 Å². The van der Waals surface area contributed by atoms with E-state index in [0.29, 0.717) is 29.6 Å². The molecule has 0 amide bonds. The standard InChI is InChI=1S/C21H17F2N3O3/c1-13-9-15(14-5-3-6-16(10-14)28-21(2,22)23)11-17-19(13)29-26-20(17)27-12-18-24-7-4-8-25-18/h3-11H,12H2,1-2H3. The van der Waals surface area contributed by atoms with Crippen molar-refractivity contribution < 1.29 is 22.8 Å². The van der Waals surface area contributed by atoms with Crippen LogP contribution in [-0.4, -0.2) is 21.2 Å². The van der Waals surface area contributed by atoms with Gasteiger partial charge < -0.3 is 14.0 Å². The van der Waals surface area contributed by atoms with Crippen LogP contribution in [0.15, 0.2) is 59.4 Å². The molecule has 0 bridgehead atoms. The number of benzene rings is 2. The van der Waals surface area contributed by atoms with E-state index in [-0.39, 0.29) is 12.4 Å². The minimum Gasteiger partial charge on any atom is -0.467 e. The average molecular weight is 397 g/mol. The molecule has 0 atom stereocenters. The molecule has 4 aromatic rings. The Balaban J connectivity index is 1.67. The molecule has 0 saturated heterocycles. The first kappa shape index (κ1) is 18.8. The molecule has 2 aromatic carbocycles. The molecule has 0 N–H and O–H groups in total. The molecule has 2 aromatic heterocycles. The Morgan fingerprint density at radius 3 is 2.59 bits per heavy atom. The number of fused-ring (bicyclic) bond motifs is 1. The van der Waals surface area contributed by atoms with Crippen LogP contribution in [0, 0.1) is 6.92 Å². The second-order valence-corrected chi connectivity index (χ2v) is 6.55. The summed E-state index contributed by atoms with van der Waals surface area (Å²) in [4.78, 5) is 8.22. The number of aryl methyl sites for hydroxylation is 1. The van der Waals surface area contributed by atoms with E-state index in [0.717, 1.165) is 16.7 Å². The molecule has 0 saturated carbocycles. The molecule has 0 fully saturated rings. The molecule has 0 aliphatic heterocycles. The van der Waals surface area contributed by atoms with E-state index in [1.165, 1.54) is 6.07 Å². The Bertz CT molecular complexity index is 1140. The molecule has 8 heteroatoms. The highest BCUT2D eigenvalue weighted by Gasteiger charge is 2.23. The van der Waals surface area contributed by atoms with E-state index in [4.69, 9.17) is 9.26 Å². The van der Waals surface area contributed by atoms with Crippen molar-refractivity contribution >= 4 is 11.0 Å². The van der Waals surface area contributed by atoms with Gasteiger partial charge in [-0.25, -0.2) is 9.97 Å². The molecule has 0 aliphatic carbocycles. The van der Waals surface area contributed by atoms with Crippen molar-refractivity contribution in [2.75, 3.05) is 0 Å². The molecular weight excluding hydrogens is 380 g/mol. The van der Waals surface area contributed by atoms with Crippen LogP contribution in [0.3, 0.4) is 0 Å². The smallest absolute Gasteiger partial charge is 0.394 e. The highest BCUT2D eigenvalue weighted by molar-refractivity contribution is 5.89. The van der Waals surface area contributed by atoms with Gasteiger partial charge in [0.25, 0.3) is 5.88 Å². The maximum absolute atomic E-state index is 13.2. The van der Waals surface area contributed by atoms with Gasteiger partial charge in [0.15, 0.2) is 11.4 Å². The maximum atomic E-state index is 13.2. The topological polar surface area (TPSA) is 70.3 Å². The number of aromatic nitrogens is 3. The number of rotatable bonds is 6. The quantitative estimate of drug-likeness (QED) is 0.447. The summed E-state index contributed by atoms with van der Waals surface area (Å²) in [5.41, 5.74) is 2.94. The van der Waals surface area contributed by atoms with Crippen molar-refractivity contribution in [3.8, 4) is 22.8 Å². The summed E-state index contributed by atoms with van der Waals surface area (Å²) in [5, 5.41) is 4.66. The Hall–Kier alpha value is -3.55. The fourth-order valence-corrected chi connectivity index (χ4v) is 2.94. The van der Waals surface area contributed by atoms with Crippen molar-refractivity contribution in [1.82, 2.24) is 15.1 Å². The third kappa shape index (κ3) is 4.31. The van der Waals surface area contributed by atoms with Crippen LogP contribution in [0.2, 0.25) is 0 Å². The largest absolute Gasteiger partial charge is 0.467 e. The van der Waals surface area contributed by atoms with Gasteiger partial charge >= 0.3 is 6.11 Å². The van der Waals surface area contributed by atoms with Crippen LogP contribution in [-0.2, 0) is 6.61 Å². The van der Waals surface area contributed by atoms with Crippen LogP contribution in [0.25, 0.3) is 22.1 Å². The van der Waals surface area contributed by atoms with E-state index < -0.39 is 6.11 Å². The molecule has 4 rings (SSSR count). The monoisotopic (exact) mass is 397 g/mol. The number of ether oxygens (including phenoxy) is 2. The van der Waals surface area contributed by atoms with Gasteiger partial charge in [0.05, 0.1) is 5.39 Å². The lowest BCUT2D eigenvalue weighted by atomic mass is 10.0. The zero-order chi connectivity index (χ0) is 20.4. The van der Waals surface area contributed by atoms with Gasteiger partial charge in [0, 0.05) is 19.3 Å². The molecule has 0 spiro atoms. The zero-order valence-corrected chi connectivity index (χ0v) is 15.7. The van der Waals surface area contributed by atoms with E-state index >= 15 is 0 Å². The predicted octanol–water partition coefficient (Wildman–Crippen LogP) is 5.16. The van der Waals surface area contributed by atoms with Gasteiger partial charge in [-0.05, 0) is 59.1 Å². The summed E-state index contributed by atoms with van der Waals surface area (Å²) in [5.74, 6) is 0.905. The zero-order valence-electron chi connectivity index (χ0n) is 15.7. The molecule has 0 aliphatic rings. The summed E-state index contributed by atoms with van der Waals surface area (Å²) in [6.07, 6.45) is 0.000959. The summed E-state index contributed by atoms with van der Waals surface area (Å²) >= 11 is 0. The molecule has 6 nitrogen and oxygen atoms in total. The van der Waals surface area contributed by atoms with E-state index in [1.54, 1.807) is 30.6 Å². The number of alkyl halides is 2. The Labute approximate surface area is 165 Å². The normalized spacial score (nSPS) is 11.6. The molecule has 2 heterocycles. The molecule has 0 unspecified atom stereocenters. The van der Waals surface area contributed by atoms with Crippen molar-refractivity contribution in [3.05, 3.63) is 66.2 Å². The Morgan fingerprint density at radius 1 is 1.03 bits per heavy atom. The molecule has 29 heavy (non-hydrogen) atoms. The summed E-state index contributed by atoms with van der Waals surface area (Å²) < 4.78 is 42.2. The molecule has 0 radical (unpaired) electrons. The fourth-order valence-electron chi connectivity index (χ4n) is 2.94.